The van der Waals surface area contributed by atoms with Crippen molar-refractivity contribution in [1.29, 1.82) is 0 Å². The molecule has 0 aliphatic carbocycles. The van der Waals surface area contributed by atoms with E-state index in [4.69, 9.17) is 5.73 Å². The third-order valence-electron chi connectivity index (χ3n) is 4.10. The summed E-state index contributed by atoms with van der Waals surface area (Å²) >= 11 is 0. The molecular formula is C18H24N2O2. The molecule has 1 aliphatic heterocycles. The Labute approximate surface area is 132 Å². The first-order chi connectivity index (χ1) is 10.3. The number of nitrogens with zero attached hydrogens (tertiary/aromatic N) is 1. The standard InChI is InChI=1S/C18H24N2O2/c1-18(2,3)15-7-4-13(5-8-15)6-9-16(21)20-11-10-14(12-20)17(19)22/h4-9,14H,10-12H2,1-3H3,(H2,19,22)/b9-6+/t14-/m1/s1. The summed E-state index contributed by atoms with van der Waals surface area (Å²) in [5.74, 6) is -0.593. The normalized spacial score (nSPS) is 18.9. The fourth-order valence-electron chi connectivity index (χ4n) is 2.56. The largest absolute Gasteiger partial charge is 0.369 e. The van der Waals surface area contributed by atoms with Crippen molar-refractivity contribution in [2.45, 2.75) is 32.6 Å². The molecule has 0 unspecified atom stereocenters. The fraction of sp³-hybridized carbons (Fsp3) is 0.444. The van der Waals surface area contributed by atoms with E-state index in [0.29, 0.717) is 19.5 Å². The average Bonchev–Trinajstić information content (AvgIpc) is 2.94. The lowest BCUT2D eigenvalue weighted by molar-refractivity contribution is -0.125. The topological polar surface area (TPSA) is 63.4 Å². The van der Waals surface area contributed by atoms with Crippen molar-refractivity contribution >= 4 is 17.9 Å². The van der Waals surface area contributed by atoms with Crippen LogP contribution in [0.15, 0.2) is 30.3 Å². The van der Waals surface area contributed by atoms with Crippen molar-refractivity contribution in [2.75, 3.05) is 13.1 Å². The number of carbonyl (C=O) groups excluding carboxylic acids is 2. The lowest BCUT2D eigenvalue weighted by Gasteiger charge is -2.18. The zero-order valence-corrected chi connectivity index (χ0v) is 13.5. The van der Waals surface area contributed by atoms with E-state index in [9.17, 15) is 9.59 Å². The zero-order chi connectivity index (χ0) is 16.3. The summed E-state index contributed by atoms with van der Waals surface area (Å²) in [6.45, 7) is 7.54. The van der Waals surface area contributed by atoms with Crippen molar-refractivity contribution in [3.63, 3.8) is 0 Å². The Kier molecular flexibility index (Phi) is 4.69. The molecule has 118 valence electrons. The van der Waals surface area contributed by atoms with E-state index in [2.05, 4.69) is 32.9 Å². The van der Waals surface area contributed by atoms with Crippen molar-refractivity contribution < 1.29 is 9.59 Å². The third-order valence-corrected chi connectivity index (χ3v) is 4.10. The first kappa shape index (κ1) is 16.3. The molecular weight excluding hydrogens is 276 g/mol. The van der Waals surface area contributed by atoms with Crippen LogP contribution in [0.5, 0.6) is 0 Å². The van der Waals surface area contributed by atoms with Crippen LogP contribution in [0, 0.1) is 5.92 Å². The molecule has 1 aliphatic rings. The Morgan fingerprint density at radius 3 is 2.36 bits per heavy atom. The molecule has 1 fully saturated rings. The predicted octanol–water partition coefficient (Wildman–Crippen LogP) is 2.33. The van der Waals surface area contributed by atoms with Crippen LogP contribution in [-0.4, -0.2) is 29.8 Å². The molecule has 22 heavy (non-hydrogen) atoms. The van der Waals surface area contributed by atoms with Crippen molar-refractivity contribution in [1.82, 2.24) is 4.90 Å². The van der Waals surface area contributed by atoms with Crippen LogP contribution in [-0.2, 0) is 15.0 Å². The molecule has 1 atom stereocenters. The Morgan fingerprint density at radius 2 is 1.86 bits per heavy atom. The molecule has 4 nitrogen and oxygen atoms in total. The molecule has 2 N–H and O–H groups in total. The van der Waals surface area contributed by atoms with E-state index in [1.54, 1.807) is 11.0 Å². The number of primary amides is 1. The van der Waals surface area contributed by atoms with Crippen LogP contribution in [0.3, 0.4) is 0 Å². The minimum absolute atomic E-state index is 0.0661. The van der Waals surface area contributed by atoms with E-state index in [1.165, 1.54) is 5.56 Å². The van der Waals surface area contributed by atoms with E-state index < -0.39 is 0 Å². The van der Waals surface area contributed by atoms with Gasteiger partial charge in [-0.05, 0) is 29.0 Å². The van der Waals surface area contributed by atoms with E-state index in [0.717, 1.165) is 5.56 Å². The second kappa shape index (κ2) is 6.34. The summed E-state index contributed by atoms with van der Waals surface area (Å²) in [5.41, 5.74) is 7.66. The number of hydrogen-bond acceptors (Lipinski definition) is 2. The number of benzene rings is 1. The zero-order valence-electron chi connectivity index (χ0n) is 13.5. The number of hydrogen-bond donors (Lipinski definition) is 1. The van der Waals surface area contributed by atoms with Gasteiger partial charge in [0.15, 0.2) is 0 Å². The molecule has 1 aromatic carbocycles. The Bertz CT molecular complexity index is 582. The van der Waals surface area contributed by atoms with Gasteiger partial charge in [-0.15, -0.1) is 0 Å². The molecule has 4 heteroatoms. The van der Waals surface area contributed by atoms with E-state index in [1.807, 2.05) is 18.2 Å². The molecule has 0 radical (unpaired) electrons. The van der Waals surface area contributed by atoms with Crippen LogP contribution < -0.4 is 5.73 Å². The van der Waals surface area contributed by atoms with Gasteiger partial charge in [0, 0.05) is 19.2 Å². The highest BCUT2D eigenvalue weighted by Crippen LogP contribution is 2.22. The molecule has 0 spiro atoms. The highest BCUT2D eigenvalue weighted by atomic mass is 16.2. The minimum Gasteiger partial charge on any atom is -0.369 e. The fourth-order valence-corrected chi connectivity index (χ4v) is 2.56. The van der Waals surface area contributed by atoms with Gasteiger partial charge in [0.25, 0.3) is 0 Å². The first-order valence-electron chi connectivity index (χ1n) is 7.64. The lowest BCUT2D eigenvalue weighted by Crippen LogP contribution is -2.30. The second-order valence-corrected chi connectivity index (χ2v) is 6.88. The van der Waals surface area contributed by atoms with Gasteiger partial charge in [0.05, 0.1) is 5.92 Å². The van der Waals surface area contributed by atoms with Crippen molar-refractivity contribution in [3.8, 4) is 0 Å². The van der Waals surface area contributed by atoms with Crippen LogP contribution in [0.4, 0.5) is 0 Å². The maximum Gasteiger partial charge on any atom is 0.246 e. The summed E-state index contributed by atoms with van der Waals surface area (Å²) in [4.78, 5) is 24.9. The SMILES string of the molecule is CC(C)(C)c1ccc(/C=C/C(=O)N2CC[C@@H](C(N)=O)C2)cc1. The minimum atomic E-state index is -0.322. The number of amides is 2. The van der Waals surface area contributed by atoms with Crippen molar-refractivity contribution in [2.24, 2.45) is 11.7 Å². The monoisotopic (exact) mass is 300 g/mol. The maximum atomic E-state index is 12.1. The summed E-state index contributed by atoms with van der Waals surface area (Å²) in [6, 6.07) is 8.20. The molecule has 2 amide bonds. The number of nitrogens with two attached hydrogens (primary N) is 1. The van der Waals surface area contributed by atoms with E-state index >= 15 is 0 Å². The summed E-state index contributed by atoms with van der Waals surface area (Å²) in [6.07, 6.45) is 4.04. The molecule has 0 aromatic heterocycles. The van der Waals surface area contributed by atoms with Crippen molar-refractivity contribution in [3.05, 3.63) is 41.5 Å². The number of rotatable bonds is 3. The van der Waals surface area contributed by atoms with Gasteiger partial charge in [-0.3, -0.25) is 9.59 Å². The van der Waals surface area contributed by atoms with Gasteiger partial charge < -0.3 is 10.6 Å². The van der Waals surface area contributed by atoms with E-state index in [-0.39, 0.29) is 23.1 Å². The Balaban J connectivity index is 1.97. The highest BCUT2D eigenvalue weighted by Gasteiger charge is 2.28. The van der Waals surface area contributed by atoms with Crippen LogP contribution in [0.2, 0.25) is 0 Å². The molecule has 1 saturated heterocycles. The number of likely N-dealkylation sites (tertiary alicyclic amines) is 1. The van der Waals surface area contributed by atoms with Crippen LogP contribution in [0.1, 0.15) is 38.3 Å². The average molecular weight is 300 g/mol. The van der Waals surface area contributed by atoms with Gasteiger partial charge >= 0.3 is 0 Å². The van der Waals surface area contributed by atoms with Gasteiger partial charge in [-0.1, -0.05) is 45.0 Å². The Morgan fingerprint density at radius 1 is 1.23 bits per heavy atom. The Hall–Kier alpha value is -2.10. The third kappa shape index (κ3) is 3.97. The molecule has 0 bridgehead atoms. The molecule has 0 saturated carbocycles. The lowest BCUT2D eigenvalue weighted by atomic mass is 9.87. The second-order valence-electron chi connectivity index (χ2n) is 6.88. The summed E-state index contributed by atoms with van der Waals surface area (Å²) in [7, 11) is 0. The predicted molar refractivity (Wildman–Crippen MR) is 88.1 cm³/mol. The summed E-state index contributed by atoms with van der Waals surface area (Å²) in [5, 5.41) is 0. The maximum absolute atomic E-state index is 12.1. The molecule has 1 heterocycles. The quantitative estimate of drug-likeness (QED) is 0.871. The van der Waals surface area contributed by atoms with Gasteiger partial charge in [0.1, 0.15) is 0 Å². The highest BCUT2D eigenvalue weighted by molar-refractivity contribution is 5.92. The first-order valence-corrected chi connectivity index (χ1v) is 7.64. The molecule has 2 rings (SSSR count). The molecule has 1 aromatic rings. The van der Waals surface area contributed by atoms with Gasteiger partial charge in [0.2, 0.25) is 11.8 Å². The van der Waals surface area contributed by atoms with Crippen LogP contribution >= 0.6 is 0 Å². The van der Waals surface area contributed by atoms with Gasteiger partial charge in [-0.25, -0.2) is 0 Å². The smallest absolute Gasteiger partial charge is 0.246 e. The van der Waals surface area contributed by atoms with Gasteiger partial charge in [-0.2, -0.15) is 0 Å². The summed E-state index contributed by atoms with van der Waals surface area (Å²) < 4.78 is 0. The number of carbonyl (C=O) groups is 2. The van der Waals surface area contributed by atoms with Crippen LogP contribution in [0.25, 0.3) is 6.08 Å².